The van der Waals surface area contributed by atoms with Gasteiger partial charge in [0.2, 0.25) is 11.8 Å². The molecule has 8 heteroatoms. The summed E-state index contributed by atoms with van der Waals surface area (Å²) in [6.45, 7) is 3.35. The van der Waals surface area contributed by atoms with Crippen molar-refractivity contribution in [1.82, 2.24) is 0 Å². The van der Waals surface area contributed by atoms with E-state index < -0.39 is 23.7 Å². The van der Waals surface area contributed by atoms with Crippen LogP contribution in [-0.2, 0) is 25.8 Å². The SMILES string of the molecule is CC(=O)c1ccc(N2C(=O)C3CC=C4C(c5ccc(OCc6ccccc6)cc5O)C5=C(CC4C3C2=O)C(=O)C=C(C)C5=O)cc1. The number of ketones is 3. The number of anilines is 1. The summed E-state index contributed by atoms with van der Waals surface area (Å²) in [6.07, 6.45) is 3.66. The van der Waals surface area contributed by atoms with E-state index in [2.05, 4.69) is 0 Å². The maximum absolute atomic E-state index is 14.1. The smallest absolute Gasteiger partial charge is 0.238 e. The van der Waals surface area contributed by atoms with Gasteiger partial charge in [0.1, 0.15) is 18.1 Å². The third-order valence-electron chi connectivity index (χ3n) is 9.66. The molecule has 2 amide bonds. The minimum absolute atomic E-state index is 0.0976. The summed E-state index contributed by atoms with van der Waals surface area (Å²) in [6, 6.07) is 20.9. The minimum Gasteiger partial charge on any atom is -0.507 e. The van der Waals surface area contributed by atoms with Crippen molar-refractivity contribution in [2.45, 2.75) is 39.2 Å². The van der Waals surface area contributed by atoms with Crippen LogP contribution in [0.2, 0.25) is 0 Å². The molecule has 230 valence electrons. The Bertz CT molecular complexity index is 1930. The molecular formula is C38H31NO7. The molecule has 3 aromatic rings. The molecule has 7 rings (SSSR count). The number of nitrogens with zero attached hydrogens (tertiary/aromatic N) is 1. The first-order chi connectivity index (χ1) is 22.1. The van der Waals surface area contributed by atoms with Crippen LogP contribution in [0.1, 0.15) is 54.1 Å². The lowest BCUT2D eigenvalue weighted by atomic mass is 9.59. The number of rotatable bonds is 6. The minimum atomic E-state index is -0.773. The molecule has 0 bridgehead atoms. The zero-order valence-corrected chi connectivity index (χ0v) is 25.4. The molecule has 46 heavy (non-hydrogen) atoms. The molecule has 1 heterocycles. The van der Waals surface area contributed by atoms with Gasteiger partial charge in [0.25, 0.3) is 0 Å². The lowest BCUT2D eigenvalue weighted by Crippen LogP contribution is -2.39. The van der Waals surface area contributed by atoms with Crippen LogP contribution in [0.4, 0.5) is 5.69 Å². The summed E-state index contributed by atoms with van der Waals surface area (Å²) in [7, 11) is 0. The molecule has 4 unspecified atom stereocenters. The number of hydrogen-bond donors (Lipinski definition) is 1. The van der Waals surface area contributed by atoms with E-state index in [-0.39, 0.29) is 47.8 Å². The molecule has 0 radical (unpaired) electrons. The fourth-order valence-electron chi connectivity index (χ4n) is 7.41. The van der Waals surface area contributed by atoms with E-state index in [1.165, 1.54) is 24.0 Å². The maximum atomic E-state index is 14.1. The van der Waals surface area contributed by atoms with Gasteiger partial charge in [-0.25, -0.2) is 0 Å². The van der Waals surface area contributed by atoms with Gasteiger partial charge in [-0.1, -0.05) is 48.0 Å². The van der Waals surface area contributed by atoms with Crippen molar-refractivity contribution in [3.63, 3.8) is 0 Å². The van der Waals surface area contributed by atoms with Crippen molar-refractivity contribution in [2.24, 2.45) is 17.8 Å². The van der Waals surface area contributed by atoms with Crippen LogP contribution < -0.4 is 9.64 Å². The summed E-state index contributed by atoms with van der Waals surface area (Å²) in [5.41, 5.74) is 3.94. The van der Waals surface area contributed by atoms with Crippen molar-refractivity contribution in [3.05, 3.63) is 124 Å². The van der Waals surface area contributed by atoms with E-state index in [1.54, 1.807) is 43.3 Å². The largest absolute Gasteiger partial charge is 0.507 e. The van der Waals surface area contributed by atoms with Crippen molar-refractivity contribution >= 4 is 34.9 Å². The standard InChI is InChI=1S/C38H31NO7/c1-20-16-31(41)30-18-29-26(14-15-28-34(29)38(45)39(37(28)44)24-10-8-23(9-11-24)21(2)40)33(35(30)36(20)43)27-13-12-25(17-32(27)42)46-19-22-6-4-3-5-7-22/h3-14,16-17,28-29,33-34,42H,15,18-19H2,1-2H3. The number of aromatic hydroxyl groups is 1. The Morgan fingerprint density at radius 3 is 2.37 bits per heavy atom. The molecule has 3 aliphatic carbocycles. The van der Waals surface area contributed by atoms with Gasteiger partial charge >= 0.3 is 0 Å². The van der Waals surface area contributed by atoms with Gasteiger partial charge in [0.15, 0.2) is 17.3 Å². The first-order valence-corrected chi connectivity index (χ1v) is 15.3. The zero-order valence-electron chi connectivity index (χ0n) is 25.4. The highest BCUT2D eigenvalue weighted by Crippen LogP contribution is 2.56. The van der Waals surface area contributed by atoms with Crippen molar-refractivity contribution < 1.29 is 33.8 Å². The fourth-order valence-corrected chi connectivity index (χ4v) is 7.41. The topological polar surface area (TPSA) is 118 Å². The number of Topliss-reactive ketones (excluding diaryl/α,β-unsaturated/α-hetero) is 2. The van der Waals surface area contributed by atoms with Gasteiger partial charge in [0.05, 0.1) is 17.5 Å². The molecule has 1 aliphatic heterocycles. The van der Waals surface area contributed by atoms with Crippen molar-refractivity contribution in [3.8, 4) is 11.5 Å². The number of benzene rings is 3. The molecule has 4 aliphatic rings. The summed E-state index contributed by atoms with van der Waals surface area (Å²) >= 11 is 0. The lowest BCUT2D eigenvalue weighted by molar-refractivity contribution is -0.123. The highest BCUT2D eigenvalue weighted by Gasteiger charge is 2.56. The number of hydrogen-bond acceptors (Lipinski definition) is 7. The Morgan fingerprint density at radius 2 is 1.67 bits per heavy atom. The number of fused-ring (bicyclic) bond motifs is 3. The number of phenolic OH excluding ortho intramolecular Hbond substituents is 1. The van der Waals surface area contributed by atoms with E-state index in [4.69, 9.17) is 4.74 Å². The number of phenols is 1. The molecule has 8 nitrogen and oxygen atoms in total. The molecule has 0 spiro atoms. The third kappa shape index (κ3) is 4.72. The van der Waals surface area contributed by atoms with Gasteiger partial charge < -0.3 is 9.84 Å². The van der Waals surface area contributed by atoms with E-state index >= 15 is 0 Å². The normalized spacial score (nSPS) is 23.8. The Balaban J connectivity index is 1.27. The first kappa shape index (κ1) is 29.3. The Labute approximate surface area is 265 Å². The highest BCUT2D eigenvalue weighted by atomic mass is 16.5. The summed E-state index contributed by atoms with van der Waals surface area (Å²) < 4.78 is 5.92. The van der Waals surface area contributed by atoms with Gasteiger partial charge in [-0.2, -0.15) is 0 Å². The predicted octanol–water partition coefficient (Wildman–Crippen LogP) is 5.81. The Hall–Kier alpha value is -5.37. The molecule has 0 aromatic heterocycles. The Morgan fingerprint density at radius 1 is 0.935 bits per heavy atom. The fraction of sp³-hybridized carbons (Fsp3) is 0.237. The van der Waals surface area contributed by atoms with Crippen LogP contribution in [0.5, 0.6) is 11.5 Å². The molecule has 0 saturated carbocycles. The van der Waals surface area contributed by atoms with Crippen LogP contribution in [0.3, 0.4) is 0 Å². The quantitative estimate of drug-likeness (QED) is 0.161. The van der Waals surface area contributed by atoms with Crippen LogP contribution in [-0.4, -0.2) is 34.3 Å². The van der Waals surface area contributed by atoms with E-state index in [1.807, 2.05) is 36.4 Å². The van der Waals surface area contributed by atoms with Crippen molar-refractivity contribution in [2.75, 3.05) is 4.90 Å². The predicted molar refractivity (Wildman–Crippen MR) is 169 cm³/mol. The first-order valence-electron chi connectivity index (χ1n) is 15.3. The van der Waals surface area contributed by atoms with E-state index in [9.17, 15) is 29.1 Å². The van der Waals surface area contributed by atoms with Crippen LogP contribution >= 0.6 is 0 Å². The highest BCUT2D eigenvalue weighted by molar-refractivity contribution is 6.25. The van der Waals surface area contributed by atoms with E-state index in [0.717, 1.165) is 11.1 Å². The molecule has 1 N–H and O–H groups in total. The summed E-state index contributed by atoms with van der Waals surface area (Å²) in [4.78, 5) is 67.9. The van der Waals surface area contributed by atoms with Crippen molar-refractivity contribution in [1.29, 1.82) is 0 Å². The van der Waals surface area contributed by atoms with Gasteiger partial charge in [-0.3, -0.25) is 28.9 Å². The summed E-state index contributed by atoms with van der Waals surface area (Å²) in [5.74, 6) is -3.75. The monoisotopic (exact) mass is 613 g/mol. The number of carbonyl (C=O) groups excluding carboxylic acids is 5. The molecule has 3 aromatic carbocycles. The average molecular weight is 614 g/mol. The van der Waals surface area contributed by atoms with Crippen LogP contribution in [0.25, 0.3) is 0 Å². The number of ether oxygens (including phenoxy) is 1. The van der Waals surface area contributed by atoms with Crippen LogP contribution in [0.15, 0.2) is 107 Å². The second kappa shape index (κ2) is 11.2. The second-order valence-corrected chi connectivity index (χ2v) is 12.3. The van der Waals surface area contributed by atoms with Gasteiger partial charge in [0, 0.05) is 39.8 Å². The Kier molecular flexibility index (Phi) is 7.15. The number of amides is 2. The van der Waals surface area contributed by atoms with Gasteiger partial charge in [-0.05, 0) is 74.6 Å². The lowest BCUT2D eigenvalue weighted by Gasteiger charge is -2.42. The number of carbonyl (C=O) groups is 5. The third-order valence-corrected chi connectivity index (χ3v) is 9.66. The molecular weight excluding hydrogens is 582 g/mol. The number of imide groups is 1. The number of allylic oxidation sites excluding steroid dienone is 6. The van der Waals surface area contributed by atoms with Gasteiger partial charge in [-0.15, -0.1) is 0 Å². The molecule has 4 atom stereocenters. The second-order valence-electron chi connectivity index (χ2n) is 12.3. The zero-order chi connectivity index (χ0) is 32.3. The van der Waals surface area contributed by atoms with Crippen LogP contribution in [0, 0.1) is 17.8 Å². The maximum Gasteiger partial charge on any atom is 0.238 e. The van der Waals surface area contributed by atoms with E-state index in [0.29, 0.717) is 45.9 Å². The molecule has 1 fully saturated rings. The summed E-state index contributed by atoms with van der Waals surface area (Å²) in [5, 5.41) is 11.4. The average Bonchev–Trinajstić information content (AvgIpc) is 3.31. The molecule has 1 saturated heterocycles.